The first-order chi connectivity index (χ1) is 23.3. The summed E-state index contributed by atoms with van der Waals surface area (Å²) >= 11 is 0. The van der Waals surface area contributed by atoms with Crippen LogP contribution >= 0.6 is 0 Å². The molecule has 3 rings (SSSR count). The number of allylic oxidation sites excluding steroid dienone is 2. The van der Waals surface area contributed by atoms with Gasteiger partial charge in [-0.25, -0.2) is 0 Å². The Balaban J connectivity index is 1.59. The lowest BCUT2D eigenvalue weighted by atomic mass is 9.66. The van der Waals surface area contributed by atoms with E-state index in [9.17, 15) is 9.59 Å². The van der Waals surface area contributed by atoms with Crippen molar-refractivity contribution in [1.29, 1.82) is 0 Å². The summed E-state index contributed by atoms with van der Waals surface area (Å²) in [6.45, 7) is 9.15. The molecular formula is C43H78N2O3. The zero-order valence-electron chi connectivity index (χ0n) is 32.2. The van der Waals surface area contributed by atoms with Crippen molar-refractivity contribution < 1.29 is 14.3 Å². The Kier molecular flexibility index (Phi) is 20.0. The number of hydrogen-bond acceptors (Lipinski definition) is 4. The van der Waals surface area contributed by atoms with Crippen LogP contribution in [0.1, 0.15) is 214 Å². The van der Waals surface area contributed by atoms with Crippen LogP contribution in [0, 0.1) is 5.41 Å². The molecule has 0 radical (unpaired) electrons. The van der Waals surface area contributed by atoms with Crippen LogP contribution in [0.2, 0.25) is 0 Å². The molecule has 3 aliphatic rings. The van der Waals surface area contributed by atoms with Gasteiger partial charge in [-0.3, -0.25) is 9.59 Å². The van der Waals surface area contributed by atoms with E-state index in [1.54, 1.807) is 0 Å². The molecule has 4 unspecified atom stereocenters. The third-order valence-electron chi connectivity index (χ3n) is 12.3. The Labute approximate surface area is 297 Å². The number of carbonyl (C=O) groups excluding carboxylic acids is 2. The highest BCUT2D eigenvalue weighted by molar-refractivity contribution is 5.95. The highest BCUT2D eigenvalue weighted by Crippen LogP contribution is 2.41. The van der Waals surface area contributed by atoms with Gasteiger partial charge in [-0.1, -0.05) is 128 Å². The third kappa shape index (κ3) is 14.6. The van der Waals surface area contributed by atoms with Gasteiger partial charge in [0.15, 0.2) is 5.78 Å². The standard InChI is InChI=1S/C43H78N2O3/c1-5-34-43(4,41(47)42(3,6-2)36-26-19-14-10-7-8-11-15-20-27-36)45-38-29-22-18-21-28-37(30-25-31-38)44-40(46)35-48-39-32-23-16-12-9-13-17-24-33-39/h26,37-39,45H,5-25,27-35H2,1-4H3,(H,44,46)/b36-26+. The van der Waals surface area contributed by atoms with Gasteiger partial charge in [0.2, 0.25) is 5.91 Å². The average molecular weight is 671 g/mol. The summed E-state index contributed by atoms with van der Waals surface area (Å²) in [6, 6.07) is 0.554. The van der Waals surface area contributed by atoms with Crippen molar-refractivity contribution in [3.05, 3.63) is 11.6 Å². The van der Waals surface area contributed by atoms with Crippen LogP contribution in [-0.4, -0.2) is 42.0 Å². The van der Waals surface area contributed by atoms with Gasteiger partial charge in [0.05, 0.1) is 11.6 Å². The van der Waals surface area contributed by atoms with Gasteiger partial charge in [0, 0.05) is 17.5 Å². The van der Waals surface area contributed by atoms with Gasteiger partial charge in [-0.15, -0.1) is 0 Å². The molecule has 2 fully saturated rings. The van der Waals surface area contributed by atoms with Crippen molar-refractivity contribution >= 4 is 11.7 Å². The minimum absolute atomic E-state index is 0.0641. The topological polar surface area (TPSA) is 67.4 Å². The van der Waals surface area contributed by atoms with Crippen molar-refractivity contribution in [1.82, 2.24) is 10.6 Å². The van der Waals surface area contributed by atoms with E-state index in [0.29, 0.717) is 11.8 Å². The van der Waals surface area contributed by atoms with E-state index in [1.165, 1.54) is 108 Å². The first-order valence-electron chi connectivity index (χ1n) is 21.2. The molecule has 0 aromatic carbocycles. The molecule has 0 aliphatic heterocycles. The van der Waals surface area contributed by atoms with Crippen molar-refractivity contribution in [3.63, 3.8) is 0 Å². The zero-order chi connectivity index (χ0) is 34.5. The Hall–Kier alpha value is -1.20. The minimum atomic E-state index is -0.526. The molecule has 1 amide bonds. The molecule has 3 aliphatic carbocycles. The van der Waals surface area contributed by atoms with Crippen molar-refractivity contribution in [3.8, 4) is 0 Å². The summed E-state index contributed by atoms with van der Waals surface area (Å²) in [5, 5.41) is 7.40. The maximum absolute atomic E-state index is 14.8. The maximum atomic E-state index is 14.8. The number of nitrogens with one attached hydrogen (secondary N) is 2. The van der Waals surface area contributed by atoms with Gasteiger partial charge in [-0.2, -0.15) is 0 Å². The lowest BCUT2D eigenvalue weighted by molar-refractivity contribution is -0.133. The summed E-state index contributed by atoms with van der Waals surface area (Å²) < 4.78 is 6.19. The summed E-state index contributed by atoms with van der Waals surface area (Å²) in [7, 11) is 0. The lowest BCUT2D eigenvalue weighted by Crippen LogP contribution is -2.58. The van der Waals surface area contributed by atoms with Crippen LogP contribution in [0.15, 0.2) is 11.6 Å². The monoisotopic (exact) mass is 671 g/mol. The summed E-state index contributed by atoms with van der Waals surface area (Å²) in [6.07, 6.45) is 36.9. The SMILES string of the molecule is CCCC(C)(NC1CCCCCC(NC(=O)COC2CCCCCCCCC2)CCC1)C(=O)C(C)(CC)/C1=C/CCCCCCCCC1. The number of carbonyl (C=O) groups is 2. The van der Waals surface area contributed by atoms with Crippen LogP contribution in [0.25, 0.3) is 0 Å². The second-order valence-electron chi connectivity index (χ2n) is 16.5. The highest BCUT2D eigenvalue weighted by Gasteiger charge is 2.46. The molecule has 0 aromatic heterocycles. The van der Waals surface area contributed by atoms with E-state index >= 15 is 0 Å². The highest BCUT2D eigenvalue weighted by atomic mass is 16.5. The molecule has 278 valence electrons. The van der Waals surface area contributed by atoms with Crippen LogP contribution in [0.5, 0.6) is 0 Å². The Morgan fingerprint density at radius 3 is 1.85 bits per heavy atom. The molecule has 0 aromatic rings. The van der Waals surface area contributed by atoms with Gasteiger partial charge in [0.25, 0.3) is 0 Å². The van der Waals surface area contributed by atoms with Crippen LogP contribution in [0.4, 0.5) is 0 Å². The van der Waals surface area contributed by atoms with Crippen LogP contribution in [0.3, 0.4) is 0 Å². The molecule has 4 atom stereocenters. The number of ketones is 1. The van der Waals surface area contributed by atoms with Crippen molar-refractivity contribution in [2.45, 2.75) is 238 Å². The molecule has 2 saturated carbocycles. The minimum Gasteiger partial charge on any atom is -0.368 e. The molecule has 5 nitrogen and oxygen atoms in total. The number of rotatable bonds is 12. The largest absolute Gasteiger partial charge is 0.368 e. The molecule has 5 heteroatoms. The molecule has 2 N–H and O–H groups in total. The predicted octanol–water partition coefficient (Wildman–Crippen LogP) is 11.5. The third-order valence-corrected chi connectivity index (χ3v) is 12.3. The van der Waals surface area contributed by atoms with Gasteiger partial charge >= 0.3 is 0 Å². The quantitative estimate of drug-likeness (QED) is 0.203. The van der Waals surface area contributed by atoms with Crippen LogP contribution < -0.4 is 10.6 Å². The Bertz CT molecular complexity index is 923. The molecule has 48 heavy (non-hydrogen) atoms. The molecule has 0 spiro atoms. The number of ether oxygens (including phenoxy) is 1. The fraction of sp³-hybridized carbons (Fsp3) is 0.907. The molecule has 0 bridgehead atoms. The predicted molar refractivity (Wildman–Crippen MR) is 203 cm³/mol. The van der Waals surface area contributed by atoms with E-state index in [-0.39, 0.29) is 24.7 Å². The second-order valence-corrected chi connectivity index (χ2v) is 16.5. The second kappa shape index (κ2) is 23.3. The van der Waals surface area contributed by atoms with E-state index in [2.05, 4.69) is 44.4 Å². The van der Waals surface area contributed by atoms with E-state index < -0.39 is 11.0 Å². The molecule has 0 heterocycles. The Morgan fingerprint density at radius 1 is 0.688 bits per heavy atom. The fourth-order valence-corrected chi connectivity index (χ4v) is 9.12. The van der Waals surface area contributed by atoms with Gasteiger partial charge < -0.3 is 15.4 Å². The summed E-state index contributed by atoms with van der Waals surface area (Å²) in [4.78, 5) is 27.9. The number of Topliss-reactive ketones (excluding diaryl/α,β-unsaturated/α-hetero) is 1. The maximum Gasteiger partial charge on any atom is 0.246 e. The molecular weight excluding hydrogens is 592 g/mol. The summed E-state index contributed by atoms with van der Waals surface area (Å²) in [5.41, 5.74) is 0.476. The van der Waals surface area contributed by atoms with E-state index in [0.717, 1.165) is 83.5 Å². The summed E-state index contributed by atoms with van der Waals surface area (Å²) in [5.74, 6) is 0.479. The van der Waals surface area contributed by atoms with E-state index in [4.69, 9.17) is 4.74 Å². The first-order valence-corrected chi connectivity index (χ1v) is 21.2. The van der Waals surface area contributed by atoms with Crippen LogP contribution in [-0.2, 0) is 14.3 Å². The van der Waals surface area contributed by atoms with E-state index in [1.807, 2.05) is 0 Å². The Morgan fingerprint density at radius 2 is 1.21 bits per heavy atom. The smallest absolute Gasteiger partial charge is 0.246 e. The number of amides is 1. The number of hydrogen-bond donors (Lipinski definition) is 2. The molecule has 0 saturated heterocycles. The normalized spacial score (nSPS) is 27.5. The average Bonchev–Trinajstić information content (AvgIpc) is 3.15. The fourth-order valence-electron chi connectivity index (χ4n) is 9.12. The first kappa shape index (κ1) is 41.2. The van der Waals surface area contributed by atoms with Gasteiger partial charge in [-0.05, 0) is 97.3 Å². The van der Waals surface area contributed by atoms with Gasteiger partial charge in [0.1, 0.15) is 6.61 Å². The van der Waals surface area contributed by atoms with Crippen molar-refractivity contribution in [2.24, 2.45) is 5.41 Å². The lowest BCUT2D eigenvalue weighted by Gasteiger charge is -2.42. The van der Waals surface area contributed by atoms with Crippen molar-refractivity contribution in [2.75, 3.05) is 6.61 Å². The zero-order valence-corrected chi connectivity index (χ0v) is 32.2.